The standard InChI is InChI=1S/C32H29FN4O3S/c33-27-10-4-5-11-29(27)41(39,40)36-25-16-17-28-26(20-25)30(32(38)35-28)31(23-8-2-1-3-9-23)34-24-14-12-22(13-15-24)21-37-18-6-7-19-37/h1-5,8-17,20,30,36H,6-7,18-19,21H2,(H,35,38). The van der Waals surface area contributed by atoms with Crippen LogP contribution in [-0.2, 0) is 21.4 Å². The molecule has 1 amide bonds. The van der Waals surface area contributed by atoms with Crippen LogP contribution >= 0.6 is 0 Å². The molecule has 0 bridgehead atoms. The van der Waals surface area contributed by atoms with Crippen LogP contribution < -0.4 is 10.0 Å². The van der Waals surface area contributed by atoms with Gasteiger partial charge in [-0.05, 0) is 85.1 Å². The molecule has 41 heavy (non-hydrogen) atoms. The fraction of sp³-hybridized carbons (Fsp3) is 0.188. The molecular formula is C32H29FN4O3S. The van der Waals surface area contributed by atoms with Crippen LogP contribution in [0.5, 0.6) is 0 Å². The van der Waals surface area contributed by atoms with Crippen molar-refractivity contribution < 1.29 is 17.6 Å². The number of carbonyl (C=O) groups excluding carboxylic acids is 1. The Bertz CT molecular complexity index is 1720. The summed E-state index contributed by atoms with van der Waals surface area (Å²) >= 11 is 0. The van der Waals surface area contributed by atoms with Crippen LogP contribution in [0.15, 0.2) is 107 Å². The molecule has 0 radical (unpaired) electrons. The number of anilines is 2. The molecule has 0 aliphatic carbocycles. The Morgan fingerprint density at radius 2 is 1.63 bits per heavy atom. The predicted octanol–water partition coefficient (Wildman–Crippen LogP) is 6.08. The van der Waals surface area contributed by atoms with Crippen molar-refractivity contribution in [3.8, 4) is 0 Å². The summed E-state index contributed by atoms with van der Waals surface area (Å²) in [6.07, 6.45) is 2.47. The topological polar surface area (TPSA) is 90.9 Å². The van der Waals surface area contributed by atoms with Gasteiger partial charge in [0.05, 0.1) is 11.4 Å². The van der Waals surface area contributed by atoms with E-state index in [1.165, 1.54) is 42.7 Å². The van der Waals surface area contributed by atoms with Gasteiger partial charge in [0.2, 0.25) is 5.91 Å². The van der Waals surface area contributed by atoms with E-state index in [0.717, 1.165) is 31.3 Å². The van der Waals surface area contributed by atoms with Crippen LogP contribution in [0.1, 0.15) is 35.4 Å². The summed E-state index contributed by atoms with van der Waals surface area (Å²) in [7, 11) is -4.19. The summed E-state index contributed by atoms with van der Waals surface area (Å²) < 4.78 is 42.6. The van der Waals surface area contributed by atoms with E-state index in [1.54, 1.807) is 12.1 Å². The van der Waals surface area contributed by atoms with Gasteiger partial charge in [0.15, 0.2) is 0 Å². The van der Waals surface area contributed by atoms with Crippen molar-refractivity contribution in [2.45, 2.75) is 30.2 Å². The number of likely N-dealkylation sites (tertiary alicyclic amines) is 1. The first-order valence-electron chi connectivity index (χ1n) is 13.5. The lowest BCUT2D eigenvalue weighted by Gasteiger charge is -2.16. The fourth-order valence-electron chi connectivity index (χ4n) is 5.39. The summed E-state index contributed by atoms with van der Waals surface area (Å²) in [6, 6.07) is 27.5. The molecule has 1 saturated heterocycles. The third-order valence-corrected chi connectivity index (χ3v) is 8.81. The molecule has 1 fully saturated rings. The average molecular weight is 569 g/mol. The highest BCUT2D eigenvalue weighted by molar-refractivity contribution is 7.92. The third-order valence-electron chi connectivity index (χ3n) is 7.39. The molecule has 7 nitrogen and oxygen atoms in total. The van der Waals surface area contributed by atoms with E-state index in [4.69, 9.17) is 4.99 Å². The molecule has 1 atom stereocenters. The molecule has 2 heterocycles. The lowest BCUT2D eigenvalue weighted by molar-refractivity contribution is -0.115. The Balaban J connectivity index is 1.35. The van der Waals surface area contributed by atoms with Crippen molar-refractivity contribution in [2.24, 2.45) is 4.99 Å². The number of sulfonamides is 1. The van der Waals surface area contributed by atoms with E-state index in [2.05, 4.69) is 27.1 Å². The van der Waals surface area contributed by atoms with Crippen LogP contribution in [-0.4, -0.2) is 38.0 Å². The predicted molar refractivity (Wildman–Crippen MR) is 159 cm³/mol. The maximum Gasteiger partial charge on any atom is 0.264 e. The summed E-state index contributed by atoms with van der Waals surface area (Å²) in [5.41, 5.74) is 4.61. The number of hydrogen-bond donors (Lipinski definition) is 2. The second kappa shape index (κ2) is 11.3. The molecule has 0 aromatic heterocycles. The SMILES string of the molecule is O=C1Nc2ccc(NS(=O)(=O)c3ccccc3F)cc2C1C(=Nc1ccc(CN2CCCC2)cc1)c1ccccc1. The molecule has 2 N–H and O–H groups in total. The van der Waals surface area contributed by atoms with Gasteiger partial charge in [-0.2, -0.15) is 0 Å². The number of fused-ring (bicyclic) bond motifs is 1. The summed E-state index contributed by atoms with van der Waals surface area (Å²) in [5.74, 6) is -1.89. The molecular weight excluding hydrogens is 539 g/mol. The van der Waals surface area contributed by atoms with E-state index in [0.29, 0.717) is 22.6 Å². The minimum absolute atomic E-state index is 0.215. The van der Waals surface area contributed by atoms with E-state index in [9.17, 15) is 17.6 Å². The van der Waals surface area contributed by atoms with Crippen molar-refractivity contribution in [2.75, 3.05) is 23.1 Å². The Morgan fingerprint density at radius 3 is 2.37 bits per heavy atom. The summed E-state index contributed by atoms with van der Waals surface area (Å²) in [6.45, 7) is 3.14. The minimum atomic E-state index is -4.19. The number of nitrogens with zero attached hydrogens (tertiary/aromatic N) is 2. The van der Waals surface area contributed by atoms with Gasteiger partial charge in [0.25, 0.3) is 10.0 Å². The average Bonchev–Trinajstić information content (AvgIpc) is 3.60. The van der Waals surface area contributed by atoms with Gasteiger partial charge in [0.1, 0.15) is 16.6 Å². The lowest BCUT2D eigenvalue weighted by Crippen LogP contribution is -2.22. The van der Waals surface area contributed by atoms with Crippen molar-refractivity contribution >= 4 is 38.7 Å². The number of rotatable bonds is 8. The second-order valence-corrected chi connectivity index (χ2v) is 11.9. The number of nitrogens with one attached hydrogen (secondary N) is 2. The second-order valence-electron chi connectivity index (χ2n) is 10.3. The first kappa shape index (κ1) is 26.9. The van der Waals surface area contributed by atoms with Gasteiger partial charge in [-0.1, -0.05) is 54.6 Å². The molecule has 2 aliphatic rings. The minimum Gasteiger partial charge on any atom is -0.325 e. The first-order chi connectivity index (χ1) is 19.9. The molecule has 0 saturated carbocycles. The molecule has 2 aliphatic heterocycles. The zero-order valence-electron chi connectivity index (χ0n) is 22.3. The molecule has 0 spiro atoms. The summed E-state index contributed by atoms with van der Waals surface area (Å²) in [4.78, 5) is 20.3. The largest absolute Gasteiger partial charge is 0.325 e. The number of aliphatic imine (C=N–C) groups is 1. The van der Waals surface area contributed by atoms with Gasteiger partial charge in [-0.25, -0.2) is 12.8 Å². The zero-order valence-corrected chi connectivity index (χ0v) is 23.1. The number of hydrogen-bond acceptors (Lipinski definition) is 5. The van der Waals surface area contributed by atoms with Crippen LogP contribution in [0.4, 0.5) is 21.5 Å². The van der Waals surface area contributed by atoms with E-state index < -0.39 is 26.7 Å². The van der Waals surface area contributed by atoms with Gasteiger partial charge in [0, 0.05) is 17.9 Å². The highest BCUT2D eigenvalue weighted by Crippen LogP contribution is 2.38. The first-order valence-corrected chi connectivity index (χ1v) is 15.0. The highest BCUT2D eigenvalue weighted by atomic mass is 32.2. The lowest BCUT2D eigenvalue weighted by atomic mass is 9.90. The Morgan fingerprint density at radius 1 is 0.927 bits per heavy atom. The quantitative estimate of drug-likeness (QED) is 0.252. The maximum atomic E-state index is 14.3. The van der Waals surface area contributed by atoms with Crippen molar-refractivity contribution in [1.82, 2.24) is 4.90 Å². The Hall–Kier alpha value is -4.34. The van der Waals surface area contributed by atoms with E-state index >= 15 is 0 Å². The summed E-state index contributed by atoms with van der Waals surface area (Å²) in [5, 5.41) is 2.90. The van der Waals surface area contributed by atoms with Crippen molar-refractivity contribution in [3.63, 3.8) is 0 Å². The highest BCUT2D eigenvalue weighted by Gasteiger charge is 2.36. The fourth-order valence-corrected chi connectivity index (χ4v) is 6.52. The van der Waals surface area contributed by atoms with Gasteiger partial charge >= 0.3 is 0 Å². The number of carbonyl (C=O) groups is 1. The number of benzene rings is 4. The van der Waals surface area contributed by atoms with Gasteiger partial charge in [-0.15, -0.1) is 0 Å². The van der Waals surface area contributed by atoms with Gasteiger partial charge < -0.3 is 5.32 Å². The third kappa shape index (κ3) is 5.77. The van der Waals surface area contributed by atoms with E-state index in [1.807, 2.05) is 42.5 Å². The van der Waals surface area contributed by atoms with Crippen molar-refractivity contribution in [3.05, 3.63) is 120 Å². The zero-order chi connectivity index (χ0) is 28.4. The monoisotopic (exact) mass is 568 g/mol. The molecule has 1 unspecified atom stereocenters. The van der Waals surface area contributed by atoms with Crippen LogP contribution in [0, 0.1) is 5.82 Å². The van der Waals surface area contributed by atoms with Gasteiger partial charge in [-0.3, -0.25) is 19.4 Å². The Kier molecular flexibility index (Phi) is 7.38. The number of halogens is 1. The number of amides is 1. The molecule has 208 valence electrons. The van der Waals surface area contributed by atoms with Crippen LogP contribution in [0.3, 0.4) is 0 Å². The smallest absolute Gasteiger partial charge is 0.264 e. The van der Waals surface area contributed by atoms with Crippen molar-refractivity contribution in [1.29, 1.82) is 0 Å². The normalized spacial score (nSPS) is 17.3. The maximum absolute atomic E-state index is 14.3. The molecule has 4 aromatic carbocycles. The molecule has 9 heteroatoms. The van der Waals surface area contributed by atoms with E-state index in [-0.39, 0.29) is 11.6 Å². The van der Waals surface area contributed by atoms with Crippen LogP contribution in [0.2, 0.25) is 0 Å². The Labute approximate surface area is 238 Å². The van der Waals surface area contributed by atoms with Crippen LogP contribution in [0.25, 0.3) is 0 Å². The molecule has 4 aromatic rings. The molecule has 6 rings (SSSR count).